The third-order valence-corrected chi connectivity index (χ3v) is 1.85. The Kier molecular flexibility index (Phi) is 9.98. The van der Waals surface area contributed by atoms with Crippen molar-refractivity contribution < 1.29 is 14.9 Å². The largest absolute Gasteiger partial charge is 0.394 e. The van der Waals surface area contributed by atoms with E-state index < -0.39 is 6.10 Å². The van der Waals surface area contributed by atoms with Crippen LogP contribution >= 0.6 is 0 Å². The van der Waals surface area contributed by atoms with Crippen molar-refractivity contribution in [2.45, 2.75) is 38.2 Å². The Morgan fingerprint density at radius 1 is 1.21 bits per heavy atom. The van der Waals surface area contributed by atoms with Gasteiger partial charge in [0.25, 0.3) is 0 Å². The molecule has 0 aliphatic heterocycles. The van der Waals surface area contributed by atoms with Crippen molar-refractivity contribution in [3.05, 3.63) is 0 Å². The molecule has 0 spiro atoms. The molecule has 0 saturated carbocycles. The standard InChI is InChI=1S/C10H19NO3/c11-6-4-2-1-3-5-7-14-9-10(13)8-12/h10,12-13H,1-5,7-9H2/t10-/m1/s1. The Bertz CT molecular complexity index is 156. The number of aliphatic hydroxyl groups is 2. The van der Waals surface area contributed by atoms with Gasteiger partial charge in [0.1, 0.15) is 6.10 Å². The summed E-state index contributed by atoms with van der Waals surface area (Å²) < 4.78 is 5.12. The molecular formula is C10H19NO3. The van der Waals surface area contributed by atoms with E-state index in [-0.39, 0.29) is 13.2 Å². The lowest BCUT2D eigenvalue weighted by molar-refractivity contribution is 0.00527. The summed E-state index contributed by atoms with van der Waals surface area (Å²) in [6.45, 7) is 0.570. The van der Waals surface area contributed by atoms with Crippen molar-refractivity contribution in [1.29, 1.82) is 5.26 Å². The van der Waals surface area contributed by atoms with E-state index in [2.05, 4.69) is 6.07 Å². The fraction of sp³-hybridized carbons (Fsp3) is 0.900. The fourth-order valence-corrected chi connectivity index (χ4v) is 1.03. The average Bonchev–Trinajstić information content (AvgIpc) is 2.21. The van der Waals surface area contributed by atoms with Crippen molar-refractivity contribution in [3.8, 4) is 6.07 Å². The number of aliphatic hydroxyl groups excluding tert-OH is 2. The van der Waals surface area contributed by atoms with Gasteiger partial charge in [0.15, 0.2) is 0 Å². The Balaban J connectivity index is 2.96. The van der Waals surface area contributed by atoms with Crippen molar-refractivity contribution >= 4 is 0 Å². The van der Waals surface area contributed by atoms with Crippen LogP contribution in [-0.2, 0) is 4.74 Å². The van der Waals surface area contributed by atoms with E-state index in [0.29, 0.717) is 13.0 Å². The summed E-state index contributed by atoms with van der Waals surface area (Å²) in [4.78, 5) is 0. The maximum absolute atomic E-state index is 8.92. The molecule has 0 fully saturated rings. The van der Waals surface area contributed by atoms with Gasteiger partial charge in [-0.05, 0) is 12.8 Å². The van der Waals surface area contributed by atoms with E-state index in [1.807, 2.05) is 0 Å². The summed E-state index contributed by atoms with van der Waals surface area (Å²) in [5.74, 6) is 0. The third kappa shape index (κ3) is 9.46. The quantitative estimate of drug-likeness (QED) is 0.542. The second kappa shape index (κ2) is 10.5. The molecule has 0 unspecified atom stereocenters. The number of hydrogen-bond acceptors (Lipinski definition) is 4. The molecule has 0 heterocycles. The molecule has 0 amide bonds. The minimum atomic E-state index is -0.756. The van der Waals surface area contributed by atoms with Crippen molar-refractivity contribution in [3.63, 3.8) is 0 Å². The summed E-state index contributed by atoms with van der Waals surface area (Å²) in [6, 6.07) is 2.10. The molecular weight excluding hydrogens is 182 g/mol. The SMILES string of the molecule is N#CCCCCCCOC[C@H](O)CO. The first kappa shape index (κ1) is 13.4. The van der Waals surface area contributed by atoms with E-state index >= 15 is 0 Å². The molecule has 14 heavy (non-hydrogen) atoms. The van der Waals surface area contributed by atoms with Gasteiger partial charge in [-0.2, -0.15) is 5.26 Å². The smallest absolute Gasteiger partial charge is 0.100 e. The first-order valence-corrected chi connectivity index (χ1v) is 5.05. The van der Waals surface area contributed by atoms with Crippen LogP contribution in [-0.4, -0.2) is 36.1 Å². The van der Waals surface area contributed by atoms with Gasteiger partial charge >= 0.3 is 0 Å². The maximum atomic E-state index is 8.92. The van der Waals surface area contributed by atoms with Crippen molar-refractivity contribution in [2.24, 2.45) is 0 Å². The van der Waals surface area contributed by atoms with Crippen LogP contribution in [0.2, 0.25) is 0 Å². The number of nitriles is 1. The predicted molar refractivity (Wildman–Crippen MR) is 52.6 cm³/mol. The molecule has 4 nitrogen and oxygen atoms in total. The van der Waals surface area contributed by atoms with E-state index in [1.165, 1.54) is 0 Å². The van der Waals surface area contributed by atoms with E-state index in [0.717, 1.165) is 25.7 Å². The normalized spacial score (nSPS) is 12.4. The van der Waals surface area contributed by atoms with Crippen LogP contribution in [0.1, 0.15) is 32.1 Å². The molecule has 82 valence electrons. The van der Waals surface area contributed by atoms with Gasteiger partial charge in [0.05, 0.1) is 19.3 Å². The minimum Gasteiger partial charge on any atom is -0.394 e. The summed E-state index contributed by atoms with van der Waals surface area (Å²) in [7, 11) is 0. The molecule has 0 bridgehead atoms. The third-order valence-electron chi connectivity index (χ3n) is 1.85. The molecule has 0 aromatic carbocycles. The van der Waals surface area contributed by atoms with Gasteiger partial charge in [0.2, 0.25) is 0 Å². The average molecular weight is 201 g/mol. The molecule has 1 atom stereocenters. The summed E-state index contributed by atoms with van der Waals surface area (Å²) in [5.41, 5.74) is 0. The van der Waals surface area contributed by atoms with Crippen LogP contribution < -0.4 is 0 Å². The number of rotatable bonds is 9. The molecule has 0 saturated heterocycles. The zero-order valence-corrected chi connectivity index (χ0v) is 8.48. The zero-order chi connectivity index (χ0) is 10.6. The summed E-state index contributed by atoms with van der Waals surface area (Å²) in [6.07, 6.45) is 3.88. The van der Waals surface area contributed by atoms with Gasteiger partial charge in [0, 0.05) is 13.0 Å². The highest BCUT2D eigenvalue weighted by molar-refractivity contribution is 4.67. The second-order valence-electron chi connectivity index (χ2n) is 3.23. The Hall–Kier alpha value is -0.630. The fourth-order valence-electron chi connectivity index (χ4n) is 1.03. The first-order valence-electron chi connectivity index (χ1n) is 5.05. The van der Waals surface area contributed by atoms with Gasteiger partial charge in [-0.1, -0.05) is 12.8 Å². The van der Waals surface area contributed by atoms with Crippen LogP contribution in [0.4, 0.5) is 0 Å². The van der Waals surface area contributed by atoms with Crippen LogP contribution in [0, 0.1) is 11.3 Å². The topological polar surface area (TPSA) is 73.5 Å². The Labute approximate surface area is 85.1 Å². The highest BCUT2D eigenvalue weighted by Gasteiger charge is 2.00. The number of unbranched alkanes of at least 4 members (excludes halogenated alkanes) is 4. The van der Waals surface area contributed by atoms with Gasteiger partial charge in [-0.3, -0.25) is 0 Å². The number of ether oxygens (including phenoxy) is 1. The lowest BCUT2D eigenvalue weighted by atomic mass is 10.2. The van der Waals surface area contributed by atoms with Gasteiger partial charge < -0.3 is 14.9 Å². The van der Waals surface area contributed by atoms with E-state index in [9.17, 15) is 0 Å². The van der Waals surface area contributed by atoms with Crippen LogP contribution in [0.5, 0.6) is 0 Å². The number of nitrogens with zero attached hydrogens (tertiary/aromatic N) is 1. The summed E-state index contributed by atoms with van der Waals surface area (Å²) >= 11 is 0. The Morgan fingerprint density at radius 3 is 2.57 bits per heavy atom. The highest BCUT2D eigenvalue weighted by atomic mass is 16.5. The zero-order valence-electron chi connectivity index (χ0n) is 8.48. The van der Waals surface area contributed by atoms with Crippen LogP contribution in [0.3, 0.4) is 0 Å². The van der Waals surface area contributed by atoms with Gasteiger partial charge in [-0.15, -0.1) is 0 Å². The maximum Gasteiger partial charge on any atom is 0.100 e. The molecule has 0 aliphatic rings. The van der Waals surface area contributed by atoms with Crippen molar-refractivity contribution in [1.82, 2.24) is 0 Å². The van der Waals surface area contributed by atoms with Crippen molar-refractivity contribution in [2.75, 3.05) is 19.8 Å². The molecule has 0 rings (SSSR count). The van der Waals surface area contributed by atoms with Gasteiger partial charge in [-0.25, -0.2) is 0 Å². The van der Waals surface area contributed by atoms with E-state index in [1.54, 1.807) is 0 Å². The summed E-state index contributed by atoms with van der Waals surface area (Å²) in [5, 5.41) is 25.7. The first-order chi connectivity index (χ1) is 6.81. The molecule has 0 aromatic rings. The molecule has 2 N–H and O–H groups in total. The monoisotopic (exact) mass is 201 g/mol. The van der Waals surface area contributed by atoms with Crippen LogP contribution in [0.25, 0.3) is 0 Å². The lowest BCUT2D eigenvalue weighted by Gasteiger charge is -2.07. The molecule has 0 radical (unpaired) electrons. The molecule has 4 heteroatoms. The minimum absolute atomic E-state index is 0.203. The van der Waals surface area contributed by atoms with E-state index in [4.69, 9.17) is 20.2 Å². The lowest BCUT2D eigenvalue weighted by Crippen LogP contribution is -2.19. The second-order valence-corrected chi connectivity index (χ2v) is 3.23. The van der Waals surface area contributed by atoms with Crippen LogP contribution in [0.15, 0.2) is 0 Å². The highest BCUT2D eigenvalue weighted by Crippen LogP contribution is 2.02. The predicted octanol–water partition coefficient (Wildman–Crippen LogP) is 0.830. The Morgan fingerprint density at radius 2 is 1.93 bits per heavy atom. The molecule has 0 aromatic heterocycles. The number of hydrogen-bond donors (Lipinski definition) is 2. The molecule has 0 aliphatic carbocycles.